The largest absolute Gasteiger partial charge is 0.318 e. The maximum atomic E-state index is 11.8. The van der Waals surface area contributed by atoms with E-state index in [-0.39, 0.29) is 11.6 Å². The molecule has 0 aliphatic heterocycles. The Labute approximate surface area is 111 Å². The van der Waals surface area contributed by atoms with Crippen molar-refractivity contribution in [2.75, 3.05) is 5.32 Å². The number of pyridine rings is 2. The second-order valence-electron chi connectivity index (χ2n) is 3.16. The molecule has 0 unspecified atom stereocenters. The maximum Gasteiger partial charge on any atom is 0.274 e. The lowest BCUT2D eigenvalue weighted by Gasteiger charge is -2.05. The molecule has 0 radical (unpaired) electrons. The van der Waals surface area contributed by atoms with Crippen LogP contribution >= 0.6 is 27.5 Å². The molecule has 1 N–H and O–H groups in total. The Morgan fingerprint density at radius 3 is 2.82 bits per heavy atom. The first-order valence-corrected chi connectivity index (χ1v) is 5.87. The van der Waals surface area contributed by atoms with Crippen LogP contribution in [0, 0.1) is 0 Å². The van der Waals surface area contributed by atoms with Gasteiger partial charge in [-0.25, -0.2) is 4.98 Å². The summed E-state index contributed by atoms with van der Waals surface area (Å²) in [5, 5.41) is 3.15. The van der Waals surface area contributed by atoms with Crippen molar-refractivity contribution in [1.82, 2.24) is 9.97 Å². The van der Waals surface area contributed by atoms with Gasteiger partial charge in [-0.1, -0.05) is 11.6 Å². The van der Waals surface area contributed by atoms with E-state index in [1.807, 2.05) is 0 Å². The summed E-state index contributed by atoms with van der Waals surface area (Å²) >= 11 is 9.02. The van der Waals surface area contributed by atoms with Crippen LogP contribution in [-0.4, -0.2) is 15.9 Å². The Morgan fingerprint density at radius 2 is 2.12 bits per heavy atom. The molecule has 0 fully saturated rings. The van der Waals surface area contributed by atoms with Crippen molar-refractivity contribution < 1.29 is 4.79 Å². The van der Waals surface area contributed by atoms with Crippen LogP contribution in [0.2, 0.25) is 5.02 Å². The van der Waals surface area contributed by atoms with Crippen molar-refractivity contribution in [3.63, 3.8) is 0 Å². The molecule has 2 aromatic rings. The first-order chi connectivity index (χ1) is 8.16. The van der Waals surface area contributed by atoms with E-state index in [1.54, 1.807) is 24.4 Å². The Kier molecular flexibility index (Phi) is 3.71. The zero-order valence-corrected chi connectivity index (χ0v) is 10.9. The average molecular weight is 313 g/mol. The van der Waals surface area contributed by atoms with Crippen LogP contribution in [-0.2, 0) is 0 Å². The first kappa shape index (κ1) is 12.0. The Balaban J connectivity index is 2.20. The van der Waals surface area contributed by atoms with Gasteiger partial charge >= 0.3 is 0 Å². The molecule has 0 spiro atoms. The summed E-state index contributed by atoms with van der Waals surface area (Å²) in [7, 11) is 0. The normalized spacial score (nSPS) is 10.0. The van der Waals surface area contributed by atoms with E-state index in [2.05, 4.69) is 31.2 Å². The van der Waals surface area contributed by atoms with Crippen molar-refractivity contribution in [2.24, 2.45) is 0 Å². The summed E-state index contributed by atoms with van der Waals surface area (Å²) in [5.74, 6) is -0.332. The van der Waals surface area contributed by atoms with Crippen molar-refractivity contribution in [2.45, 2.75) is 0 Å². The summed E-state index contributed by atoms with van der Waals surface area (Å²) in [4.78, 5) is 19.8. The van der Waals surface area contributed by atoms with Crippen LogP contribution < -0.4 is 5.32 Å². The van der Waals surface area contributed by atoms with Gasteiger partial charge in [0.05, 0.1) is 5.69 Å². The van der Waals surface area contributed by atoms with E-state index < -0.39 is 0 Å². The van der Waals surface area contributed by atoms with E-state index in [1.165, 1.54) is 12.3 Å². The molecule has 86 valence electrons. The van der Waals surface area contributed by atoms with Gasteiger partial charge in [0.15, 0.2) is 0 Å². The topological polar surface area (TPSA) is 54.9 Å². The molecule has 17 heavy (non-hydrogen) atoms. The molecule has 4 nitrogen and oxygen atoms in total. The van der Waals surface area contributed by atoms with E-state index >= 15 is 0 Å². The Hall–Kier alpha value is -1.46. The molecule has 0 saturated heterocycles. The number of aromatic nitrogens is 2. The zero-order chi connectivity index (χ0) is 12.3. The SMILES string of the molecule is O=C(Nc1cccnc1Br)c1cc(Cl)ccn1. The number of amides is 1. The van der Waals surface area contributed by atoms with Gasteiger partial charge in [-0.3, -0.25) is 9.78 Å². The van der Waals surface area contributed by atoms with E-state index in [4.69, 9.17) is 11.6 Å². The predicted molar refractivity (Wildman–Crippen MR) is 69.1 cm³/mol. The Morgan fingerprint density at radius 1 is 1.29 bits per heavy atom. The van der Waals surface area contributed by atoms with Gasteiger partial charge in [-0.15, -0.1) is 0 Å². The molecule has 1 amide bonds. The summed E-state index contributed by atoms with van der Waals surface area (Å²) in [6, 6.07) is 6.57. The van der Waals surface area contributed by atoms with Crippen LogP contribution in [0.3, 0.4) is 0 Å². The van der Waals surface area contributed by atoms with Gasteiger partial charge in [0.25, 0.3) is 5.91 Å². The summed E-state index contributed by atoms with van der Waals surface area (Å²) in [5.41, 5.74) is 0.840. The van der Waals surface area contributed by atoms with Gasteiger partial charge in [0.1, 0.15) is 10.3 Å². The van der Waals surface area contributed by atoms with E-state index in [0.29, 0.717) is 15.3 Å². The van der Waals surface area contributed by atoms with Gasteiger partial charge in [-0.05, 0) is 40.2 Å². The van der Waals surface area contributed by atoms with Gasteiger partial charge in [-0.2, -0.15) is 0 Å². The molecular formula is C11H7BrClN3O. The minimum Gasteiger partial charge on any atom is -0.318 e. The lowest BCUT2D eigenvalue weighted by Crippen LogP contribution is -2.14. The number of rotatable bonds is 2. The molecule has 2 rings (SSSR count). The number of nitrogens with zero attached hydrogens (tertiary/aromatic N) is 2. The van der Waals surface area contributed by atoms with Crippen molar-refractivity contribution in [1.29, 1.82) is 0 Å². The zero-order valence-electron chi connectivity index (χ0n) is 8.52. The number of carbonyl (C=O) groups excluding carboxylic acids is 1. The fourth-order valence-corrected chi connectivity index (χ4v) is 1.70. The van der Waals surface area contributed by atoms with Crippen LogP contribution in [0.25, 0.3) is 0 Å². The third-order valence-corrected chi connectivity index (χ3v) is 2.83. The number of nitrogens with one attached hydrogen (secondary N) is 1. The highest BCUT2D eigenvalue weighted by Gasteiger charge is 2.09. The van der Waals surface area contributed by atoms with E-state index in [9.17, 15) is 4.79 Å². The highest BCUT2D eigenvalue weighted by atomic mass is 79.9. The van der Waals surface area contributed by atoms with Gasteiger partial charge in [0, 0.05) is 17.4 Å². The number of anilines is 1. The third kappa shape index (κ3) is 3.01. The van der Waals surface area contributed by atoms with Crippen LogP contribution in [0.5, 0.6) is 0 Å². The minimum absolute atomic E-state index is 0.258. The third-order valence-electron chi connectivity index (χ3n) is 1.96. The number of carbonyl (C=O) groups is 1. The number of hydrogen-bond donors (Lipinski definition) is 1. The quantitative estimate of drug-likeness (QED) is 0.867. The molecular weight excluding hydrogens is 305 g/mol. The molecule has 0 bridgehead atoms. The molecule has 0 saturated carbocycles. The molecule has 0 aliphatic rings. The van der Waals surface area contributed by atoms with Crippen LogP contribution in [0.4, 0.5) is 5.69 Å². The minimum atomic E-state index is -0.332. The lowest BCUT2D eigenvalue weighted by molar-refractivity contribution is 0.102. The molecule has 0 atom stereocenters. The first-order valence-electron chi connectivity index (χ1n) is 4.70. The second-order valence-corrected chi connectivity index (χ2v) is 4.34. The smallest absolute Gasteiger partial charge is 0.274 e. The molecule has 0 aliphatic carbocycles. The molecule has 2 heterocycles. The highest BCUT2D eigenvalue weighted by molar-refractivity contribution is 9.10. The second kappa shape index (κ2) is 5.25. The Bertz CT molecular complexity index is 562. The van der Waals surface area contributed by atoms with Gasteiger partial charge in [0.2, 0.25) is 0 Å². The fraction of sp³-hybridized carbons (Fsp3) is 0. The average Bonchev–Trinajstić information content (AvgIpc) is 2.32. The van der Waals surface area contributed by atoms with Crippen molar-refractivity contribution >= 4 is 39.1 Å². The monoisotopic (exact) mass is 311 g/mol. The summed E-state index contributed by atoms with van der Waals surface area (Å²) in [6.07, 6.45) is 3.10. The lowest BCUT2D eigenvalue weighted by atomic mass is 10.3. The van der Waals surface area contributed by atoms with Crippen molar-refractivity contribution in [3.05, 3.63) is 52.0 Å². The summed E-state index contributed by atoms with van der Waals surface area (Å²) < 4.78 is 0.565. The van der Waals surface area contributed by atoms with E-state index in [0.717, 1.165) is 0 Å². The summed E-state index contributed by atoms with van der Waals surface area (Å²) in [6.45, 7) is 0. The predicted octanol–water partition coefficient (Wildman–Crippen LogP) is 3.14. The number of halogens is 2. The molecule has 2 aromatic heterocycles. The standard InChI is InChI=1S/C11H7BrClN3O/c12-10-8(2-1-4-15-10)16-11(17)9-6-7(13)3-5-14-9/h1-6H,(H,16,17). The van der Waals surface area contributed by atoms with Crippen LogP contribution in [0.15, 0.2) is 41.3 Å². The molecule has 6 heteroatoms. The molecule has 0 aromatic carbocycles. The number of hydrogen-bond acceptors (Lipinski definition) is 3. The highest BCUT2D eigenvalue weighted by Crippen LogP contribution is 2.19. The van der Waals surface area contributed by atoms with Gasteiger partial charge < -0.3 is 5.32 Å². The maximum absolute atomic E-state index is 11.8. The fourth-order valence-electron chi connectivity index (χ4n) is 1.19. The van der Waals surface area contributed by atoms with Crippen molar-refractivity contribution in [3.8, 4) is 0 Å². The van der Waals surface area contributed by atoms with Crippen LogP contribution in [0.1, 0.15) is 10.5 Å².